The number of alkyl halides is 1. The molecule has 0 saturated heterocycles. The Balaban J connectivity index is 2.59. The van der Waals surface area contributed by atoms with Crippen molar-refractivity contribution in [3.05, 3.63) is 35.4 Å². The fourth-order valence-corrected chi connectivity index (χ4v) is 1.41. The van der Waals surface area contributed by atoms with E-state index in [2.05, 4.69) is 59.4 Å². The number of rotatable bonds is 4. The standard InChI is InChI=1S/C11H16BrN/c1-9(2)11-5-3-10(4-6-11)7-13-8-12/h3-6,9,13H,7-8H2,1-2H3. The van der Waals surface area contributed by atoms with Crippen LogP contribution >= 0.6 is 15.9 Å². The zero-order valence-corrected chi connectivity index (χ0v) is 9.76. The van der Waals surface area contributed by atoms with E-state index >= 15 is 0 Å². The summed E-state index contributed by atoms with van der Waals surface area (Å²) in [6, 6.07) is 8.78. The summed E-state index contributed by atoms with van der Waals surface area (Å²) >= 11 is 3.33. The Labute approximate surface area is 88.7 Å². The highest BCUT2D eigenvalue weighted by atomic mass is 79.9. The molecule has 0 aromatic heterocycles. The Hall–Kier alpha value is -0.340. The predicted molar refractivity (Wildman–Crippen MR) is 61.2 cm³/mol. The molecule has 0 bridgehead atoms. The Morgan fingerprint density at radius 2 is 1.85 bits per heavy atom. The molecule has 0 saturated carbocycles. The highest BCUT2D eigenvalue weighted by Crippen LogP contribution is 2.14. The molecule has 13 heavy (non-hydrogen) atoms. The van der Waals surface area contributed by atoms with E-state index in [1.165, 1.54) is 11.1 Å². The van der Waals surface area contributed by atoms with Gasteiger partial charge in [-0.25, -0.2) is 0 Å². The van der Waals surface area contributed by atoms with Crippen LogP contribution in [0.2, 0.25) is 0 Å². The number of benzene rings is 1. The highest BCUT2D eigenvalue weighted by Gasteiger charge is 1.97. The van der Waals surface area contributed by atoms with Crippen molar-refractivity contribution in [2.75, 3.05) is 5.45 Å². The maximum atomic E-state index is 3.33. The molecule has 0 unspecified atom stereocenters. The summed E-state index contributed by atoms with van der Waals surface area (Å²) in [4.78, 5) is 0. The van der Waals surface area contributed by atoms with Crippen LogP contribution in [-0.4, -0.2) is 5.45 Å². The fourth-order valence-electron chi connectivity index (χ4n) is 1.21. The normalized spacial score (nSPS) is 10.8. The smallest absolute Gasteiger partial charge is 0.0519 e. The molecule has 72 valence electrons. The SMILES string of the molecule is CC(C)c1ccc(CNCBr)cc1. The second-order valence-corrected chi connectivity index (χ2v) is 4.02. The van der Waals surface area contributed by atoms with Crippen LogP contribution in [0.3, 0.4) is 0 Å². The van der Waals surface area contributed by atoms with Crippen LogP contribution < -0.4 is 5.32 Å². The summed E-state index contributed by atoms with van der Waals surface area (Å²) in [7, 11) is 0. The van der Waals surface area contributed by atoms with E-state index in [1.54, 1.807) is 0 Å². The summed E-state index contributed by atoms with van der Waals surface area (Å²) in [5.41, 5.74) is 3.59. The van der Waals surface area contributed by atoms with Gasteiger partial charge in [-0.05, 0) is 17.0 Å². The van der Waals surface area contributed by atoms with E-state index in [9.17, 15) is 0 Å². The van der Waals surface area contributed by atoms with Crippen LogP contribution in [0.5, 0.6) is 0 Å². The fraction of sp³-hybridized carbons (Fsp3) is 0.455. The molecule has 0 aliphatic rings. The van der Waals surface area contributed by atoms with Crippen LogP contribution in [0.15, 0.2) is 24.3 Å². The van der Waals surface area contributed by atoms with Gasteiger partial charge in [0.25, 0.3) is 0 Å². The van der Waals surface area contributed by atoms with Crippen molar-refractivity contribution in [2.24, 2.45) is 0 Å². The lowest BCUT2D eigenvalue weighted by molar-refractivity contribution is 0.798. The first kappa shape index (κ1) is 10.7. The zero-order chi connectivity index (χ0) is 9.68. The van der Waals surface area contributed by atoms with Crippen molar-refractivity contribution in [1.82, 2.24) is 5.32 Å². The van der Waals surface area contributed by atoms with Gasteiger partial charge in [0, 0.05) is 6.54 Å². The van der Waals surface area contributed by atoms with E-state index in [-0.39, 0.29) is 0 Å². The summed E-state index contributed by atoms with van der Waals surface area (Å²) in [6.45, 7) is 5.36. The molecule has 0 heterocycles. The van der Waals surface area contributed by atoms with Crippen LogP contribution in [0.25, 0.3) is 0 Å². The van der Waals surface area contributed by atoms with Gasteiger partial charge in [0.2, 0.25) is 0 Å². The molecule has 1 nitrogen and oxygen atoms in total. The Kier molecular flexibility index (Phi) is 4.46. The number of hydrogen-bond acceptors (Lipinski definition) is 1. The third kappa shape index (κ3) is 3.49. The molecule has 0 fully saturated rings. The zero-order valence-electron chi connectivity index (χ0n) is 8.18. The highest BCUT2D eigenvalue weighted by molar-refractivity contribution is 9.09. The first-order chi connectivity index (χ1) is 6.24. The first-order valence-corrected chi connectivity index (χ1v) is 5.71. The minimum Gasteiger partial charge on any atom is -0.303 e. The minimum absolute atomic E-state index is 0.623. The lowest BCUT2D eigenvalue weighted by Gasteiger charge is -2.06. The maximum Gasteiger partial charge on any atom is 0.0519 e. The van der Waals surface area contributed by atoms with Crippen molar-refractivity contribution in [2.45, 2.75) is 26.3 Å². The number of nitrogens with one attached hydrogen (secondary N) is 1. The molecular formula is C11H16BrN. The summed E-state index contributed by atoms with van der Waals surface area (Å²) in [6.07, 6.45) is 0. The molecule has 2 heteroatoms. The van der Waals surface area contributed by atoms with Gasteiger partial charge >= 0.3 is 0 Å². The van der Waals surface area contributed by atoms with Gasteiger partial charge in [-0.3, -0.25) is 0 Å². The summed E-state index contributed by atoms with van der Waals surface area (Å²) in [5.74, 6) is 0.623. The van der Waals surface area contributed by atoms with Crippen LogP contribution in [0, 0.1) is 0 Å². The lowest BCUT2D eigenvalue weighted by atomic mass is 10.0. The van der Waals surface area contributed by atoms with Crippen molar-refractivity contribution in [1.29, 1.82) is 0 Å². The van der Waals surface area contributed by atoms with Crippen molar-refractivity contribution in [3.8, 4) is 0 Å². The maximum absolute atomic E-state index is 3.33. The Morgan fingerprint density at radius 3 is 2.31 bits per heavy atom. The summed E-state index contributed by atoms with van der Waals surface area (Å²) < 4.78 is 0. The average Bonchev–Trinajstić information content (AvgIpc) is 2.15. The Morgan fingerprint density at radius 1 is 1.23 bits per heavy atom. The molecule has 0 aliphatic carbocycles. The van der Waals surface area contributed by atoms with Gasteiger partial charge < -0.3 is 5.32 Å². The van der Waals surface area contributed by atoms with Gasteiger partial charge in [0.1, 0.15) is 0 Å². The number of hydrogen-bond donors (Lipinski definition) is 1. The summed E-state index contributed by atoms with van der Waals surface area (Å²) in [5, 5.41) is 3.23. The number of halogens is 1. The van der Waals surface area contributed by atoms with Crippen LogP contribution in [0.4, 0.5) is 0 Å². The van der Waals surface area contributed by atoms with Crippen molar-refractivity contribution < 1.29 is 0 Å². The third-order valence-electron chi connectivity index (χ3n) is 2.07. The van der Waals surface area contributed by atoms with E-state index < -0.39 is 0 Å². The minimum atomic E-state index is 0.623. The molecule has 0 amide bonds. The van der Waals surface area contributed by atoms with E-state index in [0.29, 0.717) is 5.92 Å². The van der Waals surface area contributed by atoms with E-state index in [4.69, 9.17) is 0 Å². The Bertz CT molecular complexity index is 241. The molecule has 1 aromatic carbocycles. The second kappa shape index (κ2) is 5.40. The van der Waals surface area contributed by atoms with Gasteiger partial charge in [-0.1, -0.05) is 54.0 Å². The van der Waals surface area contributed by atoms with Crippen LogP contribution in [-0.2, 0) is 6.54 Å². The monoisotopic (exact) mass is 241 g/mol. The molecular weight excluding hydrogens is 226 g/mol. The van der Waals surface area contributed by atoms with Gasteiger partial charge in [-0.15, -0.1) is 0 Å². The van der Waals surface area contributed by atoms with Crippen LogP contribution in [0.1, 0.15) is 30.9 Å². The topological polar surface area (TPSA) is 12.0 Å². The molecule has 1 N–H and O–H groups in total. The third-order valence-corrected chi connectivity index (χ3v) is 2.47. The predicted octanol–water partition coefficient (Wildman–Crippen LogP) is 3.25. The molecule has 0 radical (unpaired) electrons. The molecule has 1 rings (SSSR count). The average molecular weight is 242 g/mol. The van der Waals surface area contributed by atoms with Gasteiger partial charge in [-0.2, -0.15) is 0 Å². The first-order valence-electron chi connectivity index (χ1n) is 4.59. The van der Waals surface area contributed by atoms with E-state index in [1.807, 2.05) is 0 Å². The molecule has 0 atom stereocenters. The second-order valence-electron chi connectivity index (χ2n) is 3.46. The van der Waals surface area contributed by atoms with E-state index in [0.717, 1.165) is 12.0 Å². The van der Waals surface area contributed by atoms with Gasteiger partial charge in [0.05, 0.1) is 5.45 Å². The molecule has 0 aliphatic heterocycles. The largest absolute Gasteiger partial charge is 0.303 e. The molecule has 0 spiro atoms. The van der Waals surface area contributed by atoms with Gasteiger partial charge in [0.15, 0.2) is 0 Å². The van der Waals surface area contributed by atoms with Crippen molar-refractivity contribution >= 4 is 15.9 Å². The molecule has 1 aromatic rings. The lowest BCUT2D eigenvalue weighted by Crippen LogP contribution is -2.09. The van der Waals surface area contributed by atoms with Crippen molar-refractivity contribution in [3.63, 3.8) is 0 Å². The quantitative estimate of drug-likeness (QED) is 0.631.